The van der Waals surface area contributed by atoms with Gasteiger partial charge in [0.25, 0.3) is 0 Å². The summed E-state index contributed by atoms with van der Waals surface area (Å²) in [5.74, 6) is 3.26. The minimum Gasteiger partial charge on any atom is -0.489 e. The third-order valence-corrected chi connectivity index (χ3v) is 8.74. The van der Waals surface area contributed by atoms with Crippen LogP contribution in [0.5, 0.6) is 11.5 Å². The van der Waals surface area contributed by atoms with Crippen molar-refractivity contribution in [1.82, 2.24) is 0 Å². The molecule has 0 spiro atoms. The van der Waals surface area contributed by atoms with Crippen molar-refractivity contribution >= 4 is 11.8 Å². The van der Waals surface area contributed by atoms with Crippen LogP contribution in [0.15, 0.2) is 119 Å². The topological polar surface area (TPSA) is 61.6 Å². The van der Waals surface area contributed by atoms with Gasteiger partial charge in [0.15, 0.2) is 11.8 Å². The molecule has 45 heavy (non-hydrogen) atoms. The zero-order valence-corrected chi connectivity index (χ0v) is 26.2. The van der Waals surface area contributed by atoms with Crippen molar-refractivity contribution in [1.29, 1.82) is 0 Å². The first-order valence-electron chi connectivity index (χ1n) is 16.1. The average molecular weight is 603 g/mol. The molecule has 0 saturated carbocycles. The summed E-state index contributed by atoms with van der Waals surface area (Å²) in [6.07, 6.45) is 3.27. The molecular weight excluding hydrogens is 560 g/mol. The minimum absolute atomic E-state index is 0.0639. The number of ether oxygens (including phenoxy) is 4. The van der Waals surface area contributed by atoms with E-state index in [2.05, 4.69) is 62.4 Å². The summed E-state index contributed by atoms with van der Waals surface area (Å²) in [7, 11) is 0. The Balaban J connectivity index is 1.05. The number of aliphatic imine (C=N–C) groups is 2. The maximum Gasteiger partial charge on any atom is 0.199 e. The molecule has 0 bridgehead atoms. The number of benzene rings is 4. The molecular formula is C39H42N2O4. The highest BCUT2D eigenvalue weighted by molar-refractivity contribution is 6.06. The van der Waals surface area contributed by atoms with E-state index in [1.54, 1.807) is 0 Å². The third-order valence-electron chi connectivity index (χ3n) is 8.74. The van der Waals surface area contributed by atoms with E-state index in [0.717, 1.165) is 60.1 Å². The Labute approximate surface area is 266 Å². The predicted octanol–water partition coefficient (Wildman–Crippen LogP) is 8.03. The molecule has 2 aliphatic heterocycles. The van der Waals surface area contributed by atoms with Crippen molar-refractivity contribution in [3.8, 4) is 11.5 Å². The van der Waals surface area contributed by atoms with E-state index in [1.165, 1.54) is 11.1 Å². The third kappa shape index (κ3) is 7.56. The van der Waals surface area contributed by atoms with Gasteiger partial charge in [-0.05, 0) is 72.2 Å². The van der Waals surface area contributed by atoms with E-state index in [1.807, 2.05) is 60.7 Å². The molecule has 4 aromatic carbocycles. The lowest BCUT2D eigenvalue weighted by molar-refractivity contribution is 0.244. The Kier molecular flexibility index (Phi) is 9.79. The summed E-state index contributed by atoms with van der Waals surface area (Å²) in [5, 5.41) is 0. The summed E-state index contributed by atoms with van der Waals surface area (Å²) in [5.41, 5.74) is 4.30. The Hall–Kier alpha value is -4.58. The van der Waals surface area contributed by atoms with Crippen LogP contribution in [0.3, 0.4) is 0 Å². The Bertz CT molecular complexity index is 1450. The van der Waals surface area contributed by atoms with Gasteiger partial charge in [-0.2, -0.15) is 0 Å². The SMILES string of the molecule is CCC(CC)(C1=N[C@@H](Cc2ccc(OCc3ccccc3)cc2)CO1)C1=N[C@@H](Cc2ccc(OCc3ccccc3)cc2)CO1. The minimum atomic E-state index is -0.437. The monoisotopic (exact) mass is 602 g/mol. The second-order valence-electron chi connectivity index (χ2n) is 11.8. The standard InChI is InChI=1S/C39H42N2O4/c1-3-39(4-2,37-40-33(27-44-37)23-29-15-19-35(20-16-29)42-25-31-11-7-5-8-12-31)38-41-34(28-45-38)24-30-17-21-36(22-18-30)43-26-32-13-9-6-10-14-32/h5-22,33-34H,3-4,23-28H2,1-2H3/t33-,34-/m0/s1. The highest BCUT2D eigenvalue weighted by Gasteiger charge is 2.46. The molecule has 0 unspecified atom stereocenters. The van der Waals surface area contributed by atoms with E-state index in [0.29, 0.717) is 26.4 Å². The summed E-state index contributed by atoms with van der Waals surface area (Å²) in [4.78, 5) is 10.2. The van der Waals surface area contributed by atoms with Gasteiger partial charge in [0.1, 0.15) is 43.3 Å². The summed E-state index contributed by atoms with van der Waals surface area (Å²) in [6.45, 7) is 6.60. The molecule has 0 aromatic heterocycles. The second kappa shape index (κ2) is 14.5. The van der Waals surface area contributed by atoms with Crippen LogP contribution in [0.4, 0.5) is 0 Å². The fourth-order valence-corrected chi connectivity index (χ4v) is 5.98. The molecule has 0 aliphatic carbocycles. The van der Waals surface area contributed by atoms with Crippen molar-refractivity contribution in [3.63, 3.8) is 0 Å². The molecule has 0 radical (unpaired) electrons. The van der Waals surface area contributed by atoms with Gasteiger partial charge in [-0.25, -0.2) is 9.98 Å². The van der Waals surface area contributed by atoms with E-state index in [-0.39, 0.29) is 12.1 Å². The molecule has 6 rings (SSSR count). The molecule has 0 N–H and O–H groups in total. The van der Waals surface area contributed by atoms with Crippen molar-refractivity contribution < 1.29 is 18.9 Å². The Morgan fingerprint density at radius 3 is 1.33 bits per heavy atom. The lowest BCUT2D eigenvalue weighted by atomic mass is 9.81. The lowest BCUT2D eigenvalue weighted by Crippen LogP contribution is -2.39. The zero-order valence-electron chi connectivity index (χ0n) is 26.2. The van der Waals surface area contributed by atoms with Crippen LogP contribution >= 0.6 is 0 Å². The van der Waals surface area contributed by atoms with E-state index < -0.39 is 5.41 Å². The van der Waals surface area contributed by atoms with Crippen LogP contribution < -0.4 is 9.47 Å². The van der Waals surface area contributed by atoms with Gasteiger partial charge in [-0.15, -0.1) is 0 Å². The normalized spacial score (nSPS) is 17.6. The highest BCUT2D eigenvalue weighted by atomic mass is 16.5. The van der Waals surface area contributed by atoms with Gasteiger partial charge >= 0.3 is 0 Å². The van der Waals surface area contributed by atoms with Gasteiger partial charge in [0, 0.05) is 0 Å². The molecule has 0 saturated heterocycles. The predicted molar refractivity (Wildman–Crippen MR) is 179 cm³/mol. The number of hydrogen-bond acceptors (Lipinski definition) is 6. The van der Waals surface area contributed by atoms with Crippen LogP contribution in [0.2, 0.25) is 0 Å². The molecule has 6 nitrogen and oxygen atoms in total. The summed E-state index contributed by atoms with van der Waals surface area (Å²) < 4.78 is 24.5. The largest absolute Gasteiger partial charge is 0.489 e. The first-order valence-corrected chi connectivity index (χ1v) is 16.1. The fraction of sp³-hybridized carbons (Fsp3) is 0.333. The molecule has 4 aromatic rings. The van der Waals surface area contributed by atoms with Crippen molar-refractivity contribution in [3.05, 3.63) is 131 Å². The van der Waals surface area contributed by atoms with Crippen LogP contribution in [0.25, 0.3) is 0 Å². The average Bonchev–Trinajstić information content (AvgIpc) is 3.77. The van der Waals surface area contributed by atoms with Crippen molar-refractivity contribution in [2.45, 2.75) is 64.8 Å². The maximum atomic E-state index is 6.28. The first kappa shape index (κ1) is 30.4. The number of hydrogen-bond donors (Lipinski definition) is 0. The molecule has 2 atom stereocenters. The van der Waals surface area contributed by atoms with Gasteiger partial charge < -0.3 is 18.9 Å². The van der Waals surface area contributed by atoms with Crippen molar-refractivity contribution in [2.24, 2.45) is 15.4 Å². The molecule has 2 aliphatic rings. The first-order chi connectivity index (χ1) is 22.1. The van der Waals surface area contributed by atoms with Crippen LogP contribution in [-0.2, 0) is 35.5 Å². The van der Waals surface area contributed by atoms with Crippen LogP contribution in [-0.4, -0.2) is 37.1 Å². The quantitative estimate of drug-likeness (QED) is 0.147. The van der Waals surface area contributed by atoms with E-state index in [9.17, 15) is 0 Å². The number of rotatable bonds is 14. The van der Waals surface area contributed by atoms with Crippen LogP contribution in [0, 0.1) is 5.41 Å². The molecule has 0 fully saturated rings. The second-order valence-corrected chi connectivity index (χ2v) is 11.8. The zero-order chi connectivity index (χ0) is 30.9. The molecule has 232 valence electrons. The van der Waals surface area contributed by atoms with Gasteiger partial charge in [-0.3, -0.25) is 0 Å². The molecule has 6 heteroatoms. The Morgan fingerprint density at radius 2 is 0.956 bits per heavy atom. The fourth-order valence-electron chi connectivity index (χ4n) is 5.98. The van der Waals surface area contributed by atoms with Gasteiger partial charge in [0.05, 0.1) is 12.1 Å². The number of nitrogens with zero attached hydrogens (tertiary/aromatic N) is 2. The highest BCUT2D eigenvalue weighted by Crippen LogP contribution is 2.37. The molecule has 0 amide bonds. The van der Waals surface area contributed by atoms with Crippen LogP contribution in [0.1, 0.15) is 48.9 Å². The summed E-state index contributed by atoms with van der Waals surface area (Å²) >= 11 is 0. The van der Waals surface area contributed by atoms with Gasteiger partial charge in [0.2, 0.25) is 0 Å². The molecule has 2 heterocycles. The van der Waals surface area contributed by atoms with Crippen molar-refractivity contribution in [2.75, 3.05) is 13.2 Å². The maximum absolute atomic E-state index is 6.28. The van der Waals surface area contributed by atoms with E-state index in [4.69, 9.17) is 28.9 Å². The van der Waals surface area contributed by atoms with Gasteiger partial charge in [-0.1, -0.05) is 98.8 Å². The summed E-state index contributed by atoms with van der Waals surface area (Å²) in [6, 6.07) is 37.2. The van der Waals surface area contributed by atoms with E-state index >= 15 is 0 Å². The smallest absolute Gasteiger partial charge is 0.199 e. The Morgan fingerprint density at radius 1 is 0.556 bits per heavy atom. The lowest BCUT2D eigenvalue weighted by Gasteiger charge is -2.29.